The maximum absolute atomic E-state index is 12.7. The molecule has 0 spiro atoms. The molecule has 1 aromatic rings. The fraction of sp³-hybridized carbons (Fsp3) is 0.600. The van der Waals surface area contributed by atoms with Crippen LogP contribution in [0.25, 0.3) is 0 Å². The molecule has 57 heavy (non-hydrogen) atoms. The fourth-order valence-corrected chi connectivity index (χ4v) is 5.81. The van der Waals surface area contributed by atoms with Crippen LogP contribution in [0.3, 0.4) is 0 Å². The van der Waals surface area contributed by atoms with Gasteiger partial charge in [0.25, 0.3) is 21.9 Å². The number of carboxylic acids is 1. The summed E-state index contributed by atoms with van der Waals surface area (Å²) in [5.41, 5.74) is -0.745. The quantitative estimate of drug-likeness (QED) is 0.0368. The van der Waals surface area contributed by atoms with Gasteiger partial charge in [-0.05, 0) is 25.0 Å². The summed E-state index contributed by atoms with van der Waals surface area (Å²) in [7, 11) is -4.67. The number of hydrogen-bond donors (Lipinski definition) is 7. The van der Waals surface area contributed by atoms with Crippen molar-refractivity contribution in [2.75, 3.05) is 45.3 Å². The molecule has 0 radical (unpaired) electrons. The molecule has 22 heteroatoms. The fourth-order valence-electron chi connectivity index (χ4n) is 5.16. The summed E-state index contributed by atoms with van der Waals surface area (Å²) in [6.45, 7) is 4.53. The molecule has 3 rings (SSSR count). The minimum atomic E-state index is -4.67. The minimum absolute atomic E-state index is 0.0259. The molecule has 1 aromatic carbocycles. The van der Waals surface area contributed by atoms with Crippen LogP contribution in [0.1, 0.15) is 46.5 Å². The van der Waals surface area contributed by atoms with Crippen LogP contribution in [0, 0.1) is 5.41 Å². The number of nitrogens with one attached hydrogen (secondary N) is 2. The number of aliphatic carboxylic acids is 1. The number of Topliss-reactive ketones (excluding diaryl/α,β-unsaturated/α-hetero) is 1. The molecule has 0 saturated carbocycles. The number of carbonyl (C=O) groups excluding carboxylic acids is 5. The third kappa shape index (κ3) is 15.0. The number of rotatable bonds is 23. The average Bonchev–Trinajstić information content (AvgIpc) is 3.44. The number of ketones is 1. The molecule has 0 aliphatic carbocycles. The Kier molecular flexibility index (Phi) is 17.3. The average molecular weight is 832 g/mol. The Labute approximate surface area is 328 Å². The second kappa shape index (κ2) is 21.2. The van der Waals surface area contributed by atoms with E-state index >= 15 is 0 Å². The Balaban J connectivity index is 1.48. The number of carboxylic acid groups (broad SMARTS) is 1. The van der Waals surface area contributed by atoms with Gasteiger partial charge in [0, 0.05) is 43.1 Å². The molecule has 4 amide bonds. The highest BCUT2D eigenvalue weighted by Gasteiger charge is 2.48. The van der Waals surface area contributed by atoms with Crippen LogP contribution in [0.2, 0.25) is 0 Å². The van der Waals surface area contributed by atoms with Gasteiger partial charge in [0.2, 0.25) is 18.1 Å². The van der Waals surface area contributed by atoms with Crippen molar-refractivity contribution in [1.82, 2.24) is 15.5 Å². The highest BCUT2D eigenvalue weighted by molar-refractivity contribution is 7.85. The summed E-state index contributed by atoms with van der Waals surface area (Å²) in [4.78, 5) is 73.4. The van der Waals surface area contributed by atoms with E-state index in [4.69, 9.17) is 23.7 Å². The van der Waals surface area contributed by atoms with Crippen LogP contribution < -0.4 is 24.8 Å². The molecule has 2 heterocycles. The Morgan fingerprint density at radius 3 is 2.23 bits per heavy atom. The van der Waals surface area contributed by atoms with Gasteiger partial charge in [0.15, 0.2) is 23.4 Å². The topological polar surface area (TPSA) is 311 Å². The van der Waals surface area contributed by atoms with E-state index in [2.05, 4.69) is 10.6 Å². The largest absolute Gasteiger partial charge is 0.491 e. The van der Waals surface area contributed by atoms with Crippen molar-refractivity contribution >= 4 is 45.5 Å². The van der Waals surface area contributed by atoms with Gasteiger partial charge in [-0.25, -0.2) is 4.79 Å². The third-order valence-corrected chi connectivity index (χ3v) is 9.18. The van der Waals surface area contributed by atoms with Crippen molar-refractivity contribution in [2.24, 2.45) is 5.41 Å². The molecule has 1 fully saturated rings. The molecule has 318 valence electrons. The highest BCUT2D eigenvalue weighted by Crippen LogP contribution is 2.35. The predicted octanol–water partition coefficient (Wildman–Crippen LogP) is -1.68. The maximum Gasteiger partial charge on any atom is 0.335 e. The first kappa shape index (κ1) is 46.7. The number of carbonyl (C=O) groups is 6. The SMILES string of the molecule is CC(C)(C)C(=O)COc1ccc(OCCOCCNC(=O)[C@H](CS(=O)(=O)O)NC(=O)CCCCCN2C(=O)C=CC2=O)cc1O[C@@H]1O[C@H](C(=O)O)[C@@H](O)[C@H](O)[C@H]1O. The van der Waals surface area contributed by atoms with Crippen molar-refractivity contribution in [2.45, 2.75) is 83.2 Å². The number of aliphatic hydroxyl groups is 3. The van der Waals surface area contributed by atoms with E-state index < -0.39 is 87.6 Å². The smallest absolute Gasteiger partial charge is 0.335 e. The summed E-state index contributed by atoms with van der Waals surface area (Å²) in [5.74, 6) is -5.42. The van der Waals surface area contributed by atoms with Gasteiger partial charge >= 0.3 is 5.97 Å². The van der Waals surface area contributed by atoms with E-state index in [0.29, 0.717) is 19.3 Å². The summed E-state index contributed by atoms with van der Waals surface area (Å²) < 4.78 is 59.9. The standard InChI is InChI=1S/C35H49N3O18S/c1-35(2,3)24(39)18-54-22-9-8-20(17-23(22)55-34-30(45)28(43)29(44)31(56-34)33(47)48)53-16-15-52-14-12-36-32(46)21(19-57(49,50)51)37-25(40)7-5-4-6-13-38-26(41)10-11-27(38)42/h8-11,17,21,28-31,34,43-45H,4-7,12-16,18-19H2,1-3H3,(H,36,46)(H,37,40)(H,47,48)(H,49,50,51)/t21-,28-,29-,30+,31-,34+/m0/s1. The number of unbranched alkanes of at least 4 members (excludes halogenated alkanes) is 2. The molecule has 2 aliphatic rings. The zero-order valence-electron chi connectivity index (χ0n) is 31.5. The number of amides is 4. The minimum Gasteiger partial charge on any atom is -0.491 e. The molecular weight excluding hydrogens is 782 g/mol. The Morgan fingerprint density at radius 2 is 1.60 bits per heavy atom. The number of ether oxygens (including phenoxy) is 5. The van der Waals surface area contributed by atoms with Crippen LogP contribution >= 0.6 is 0 Å². The number of aliphatic hydroxyl groups excluding tert-OH is 3. The van der Waals surface area contributed by atoms with E-state index in [9.17, 15) is 62.2 Å². The van der Waals surface area contributed by atoms with Crippen LogP contribution in [0.15, 0.2) is 30.4 Å². The molecule has 6 atom stereocenters. The van der Waals surface area contributed by atoms with Crippen molar-refractivity contribution in [1.29, 1.82) is 0 Å². The van der Waals surface area contributed by atoms with Crippen molar-refractivity contribution in [3.63, 3.8) is 0 Å². The number of imide groups is 1. The Bertz CT molecular complexity index is 1730. The number of nitrogens with zero attached hydrogens (tertiary/aromatic N) is 1. The van der Waals surface area contributed by atoms with Crippen molar-refractivity contribution < 1.29 is 85.8 Å². The molecule has 2 aliphatic heterocycles. The van der Waals surface area contributed by atoms with Crippen LogP contribution in [-0.2, 0) is 48.4 Å². The van der Waals surface area contributed by atoms with Gasteiger partial charge in [0.05, 0.1) is 13.2 Å². The molecular formula is C35H49N3O18S. The molecule has 7 N–H and O–H groups in total. The molecule has 1 saturated heterocycles. The lowest BCUT2D eigenvalue weighted by Gasteiger charge is -2.38. The summed E-state index contributed by atoms with van der Waals surface area (Å²) in [5, 5.41) is 44.7. The van der Waals surface area contributed by atoms with Crippen molar-refractivity contribution in [3.8, 4) is 17.2 Å². The van der Waals surface area contributed by atoms with Gasteiger partial charge < -0.3 is 54.7 Å². The first-order valence-electron chi connectivity index (χ1n) is 17.8. The maximum atomic E-state index is 12.7. The highest BCUT2D eigenvalue weighted by atomic mass is 32.2. The normalized spacial score (nSPS) is 21.5. The van der Waals surface area contributed by atoms with E-state index in [0.717, 1.165) is 17.1 Å². The lowest BCUT2D eigenvalue weighted by atomic mass is 9.91. The first-order valence-corrected chi connectivity index (χ1v) is 19.4. The zero-order valence-corrected chi connectivity index (χ0v) is 32.3. The first-order chi connectivity index (χ1) is 26.7. The molecule has 0 unspecified atom stereocenters. The Hall–Kier alpha value is -4.71. The summed E-state index contributed by atoms with van der Waals surface area (Å²) in [6.07, 6.45) is -6.08. The van der Waals surface area contributed by atoms with E-state index in [1.807, 2.05) is 0 Å². The van der Waals surface area contributed by atoms with Gasteiger partial charge in [-0.3, -0.25) is 33.4 Å². The third-order valence-electron chi connectivity index (χ3n) is 8.42. The second-order valence-corrected chi connectivity index (χ2v) is 15.5. The predicted molar refractivity (Wildman–Crippen MR) is 193 cm³/mol. The monoisotopic (exact) mass is 831 g/mol. The molecule has 0 aromatic heterocycles. The Morgan fingerprint density at radius 1 is 0.912 bits per heavy atom. The summed E-state index contributed by atoms with van der Waals surface area (Å²) >= 11 is 0. The molecule has 0 bridgehead atoms. The van der Waals surface area contributed by atoms with Gasteiger partial charge in [0.1, 0.15) is 49.1 Å². The zero-order chi connectivity index (χ0) is 42.5. The van der Waals surface area contributed by atoms with Crippen molar-refractivity contribution in [3.05, 3.63) is 30.4 Å². The lowest BCUT2D eigenvalue weighted by molar-refractivity contribution is -0.271. The van der Waals surface area contributed by atoms with Gasteiger partial charge in [-0.1, -0.05) is 27.2 Å². The lowest BCUT2D eigenvalue weighted by Crippen LogP contribution is -2.61. The van der Waals surface area contributed by atoms with Crippen LogP contribution in [-0.4, -0.2) is 156 Å². The van der Waals surface area contributed by atoms with Crippen LogP contribution in [0.5, 0.6) is 17.2 Å². The van der Waals surface area contributed by atoms with E-state index in [1.54, 1.807) is 20.8 Å². The molecule has 21 nitrogen and oxygen atoms in total. The van der Waals surface area contributed by atoms with E-state index in [-0.39, 0.29) is 69.0 Å². The summed E-state index contributed by atoms with van der Waals surface area (Å²) in [6, 6.07) is 2.48. The second-order valence-electron chi connectivity index (χ2n) is 14.0. The number of hydrogen-bond acceptors (Lipinski definition) is 16. The number of benzene rings is 1. The van der Waals surface area contributed by atoms with Gasteiger partial charge in [-0.15, -0.1) is 0 Å². The van der Waals surface area contributed by atoms with Crippen LogP contribution in [0.4, 0.5) is 0 Å². The van der Waals surface area contributed by atoms with E-state index in [1.165, 1.54) is 18.2 Å². The van der Waals surface area contributed by atoms with Gasteiger partial charge in [-0.2, -0.15) is 8.42 Å².